The van der Waals surface area contributed by atoms with E-state index in [9.17, 15) is 9.90 Å². The van der Waals surface area contributed by atoms with Gasteiger partial charge in [-0.05, 0) is 36.8 Å². The Morgan fingerprint density at radius 2 is 1.80 bits per heavy atom. The van der Waals surface area contributed by atoms with Gasteiger partial charge < -0.3 is 10.4 Å². The van der Waals surface area contributed by atoms with Crippen LogP contribution in [0.4, 0.5) is 5.69 Å². The van der Waals surface area contributed by atoms with E-state index in [1.54, 1.807) is 36.0 Å². The maximum Gasteiger partial charge on any atom is 0.234 e. The molecule has 0 fully saturated rings. The Labute approximate surface area is 123 Å². The third-order valence-corrected chi connectivity index (χ3v) is 4.09. The molecule has 0 aliphatic carbocycles. The lowest BCUT2D eigenvalue weighted by Crippen LogP contribution is -2.14. The average molecular weight is 287 g/mol. The number of anilines is 1. The molecular weight excluding hydrogens is 270 g/mol. The number of aromatic hydroxyl groups is 1. The summed E-state index contributed by atoms with van der Waals surface area (Å²) in [6.07, 6.45) is 0. The van der Waals surface area contributed by atoms with Crippen molar-refractivity contribution >= 4 is 23.4 Å². The number of amides is 1. The molecule has 0 heterocycles. The fourth-order valence-electron chi connectivity index (χ4n) is 1.76. The zero-order valence-electron chi connectivity index (χ0n) is 11.2. The molecule has 0 spiro atoms. The van der Waals surface area contributed by atoms with E-state index in [-0.39, 0.29) is 16.9 Å². The van der Waals surface area contributed by atoms with Gasteiger partial charge >= 0.3 is 0 Å². The Morgan fingerprint density at radius 3 is 2.45 bits per heavy atom. The molecule has 1 unspecified atom stereocenters. The van der Waals surface area contributed by atoms with Crippen LogP contribution in [0, 0.1) is 0 Å². The summed E-state index contributed by atoms with van der Waals surface area (Å²) in [5.41, 5.74) is 1.91. The number of rotatable bonds is 5. The molecule has 0 aliphatic rings. The largest absolute Gasteiger partial charge is 0.508 e. The number of carbonyl (C=O) groups excluding carboxylic acids is 1. The number of thioether (sulfide) groups is 1. The minimum absolute atomic E-state index is 0.0385. The first-order chi connectivity index (χ1) is 9.65. The minimum atomic E-state index is -0.0385. The predicted octanol–water partition coefficient (Wildman–Crippen LogP) is 3.83. The molecule has 0 aromatic heterocycles. The topological polar surface area (TPSA) is 49.3 Å². The first-order valence-electron chi connectivity index (χ1n) is 6.40. The standard InChI is InChI=1S/C16H17NO2S/c1-12(13-5-3-2-4-6-13)20-11-16(19)17-14-7-9-15(18)10-8-14/h2-10,12,18H,11H2,1H3,(H,17,19). The Morgan fingerprint density at radius 1 is 1.15 bits per heavy atom. The molecule has 1 amide bonds. The highest BCUT2D eigenvalue weighted by atomic mass is 32.2. The van der Waals surface area contributed by atoms with E-state index in [0.717, 1.165) is 0 Å². The smallest absolute Gasteiger partial charge is 0.234 e. The maximum atomic E-state index is 11.8. The maximum absolute atomic E-state index is 11.8. The molecular formula is C16H17NO2S. The quantitative estimate of drug-likeness (QED) is 0.822. The van der Waals surface area contributed by atoms with Crippen molar-refractivity contribution in [3.63, 3.8) is 0 Å². The lowest BCUT2D eigenvalue weighted by atomic mass is 10.2. The molecule has 104 valence electrons. The Bertz CT molecular complexity index is 554. The molecule has 4 heteroatoms. The number of hydrogen-bond donors (Lipinski definition) is 2. The molecule has 2 aromatic carbocycles. The van der Waals surface area contributed by atoms with E-state index in [2.05, 4.69) is 24.4 Å². The molecule has 2 N–H and O–H groups in total. The van der Waals surface area contributed by atoms with Crippen LogP contribution in [0.1, 0.15) is 17.7 Å². The van der Waals surface area contributed by atoms with E-state index in [1.807, 2.05) is 18.2 Å². The molecule has 2 rings (SSSR count). The van der Waals surface area contributed by atoms with Gasteiger partial charge in [-0.2, -0.15) is 0 Å². The van der Waals surface area contributed by atoms with E-state index in [0.29, 0.717) is 11.4 Å². The van der Waals surface area contributed by atoms with Crippen LogP contribution in [0.2, 0.25) is 0 Å². The van der Waals surface area contributed by atoms with Crippen LogP contribution in [-0.2, 0) is 4.79 Å². The predicted molar refractivity (Wildman–Crippen MR) is 84.1 cm³/mol. The van der Waals surface area contributed by atoms with Crippen LogP contribution in [-0.4, -0.2) is 16.8 Å². The van der Waals surface area contributed by atoms with Gasteiger partial charge in [-0.1, -0.05) is 30.3 Å². The average Bonchev–Trinajstić information content (AvgIpc) is 2.48. The number of hydrogen-bond acceptors (Lipinski definition) is 3. The molecule has 20 heavy (non-hydrogen) atoms. The number of phenols is 1. The van der Waals surface area contributed by atoms with E-state index >= 15 is 0 Å². The van der Waals surface area contributed by atoms with Gasteiger partial charge in [0.05, 0.1) is 5.75 Å². The second-order valence-corrected chi connectivity index (χ2v) is 5.79. The van der Waals surface area contributed by atoms with Crippen LogP contribution in [0.5, 0.6) is 5.75 Å². The third-order valence-electron chi connectivity index (χ3n) is 2.88. The third kappa shape index (κ3) is 4.31. The normalized spacial score (nSPS) is 11.8. The van der Waals surface area contributed by atoms with Gasteiger partial charge in [-0.25, -0.2) is 0 Å². The van der Waals surface area contributed by atoms with Crippen molar-refractivity contribution in [2.24, 2.45) is 0 Å². The van der Waals surface area contributed by atoms with Crippen molar-refractivity contribution in [2.75, 3.05) is 11.1 Å². The fourth-order valence-corrected chi connectivity index (χ4v) is 2.59. The lowest BCUT2D eigenvalue weighted by molar-refractivity contribution is -0.113. The summed E-state index contributed by atoms with van der Waals surface area (Å²) in [5.74, 6) is 0.551. The highest BCUT2D eigenvalue weighted by molar-refractivity contribution is 8.00. The highest BCUT2D eigenvalue weighted by Crippen LogP contribution is 2.27. The molecule has 0 bridgehead atoms. The van der Waals surface area contributed by atoms with Crippen LogP contribution in [0.15, 0.2) is 54.6 Å². The van der Waals surface area contributed by atoms with Crippen LogP contribution < -0.4 is 5.32 Å². The summed E-state index contributed by atoms with van der Waals surface area (Å²) in [4.78, 5) is 11.8. The highest BCUT2D eigenvalue weighted by Gasteiger charge is 2.09. The second-order valence-electron chi connectivity index (χ2n) is 4.46. The minimum Gasteiger partial charge on any atom is -0.508 e. The number of carbonyl (C=O) groups is 1. The van der Waals surface area contributed by atoms with Gasteiger partial charge in [0.2, 0.25) is 5.91 Å². The van der Waals surface area contributed by atoms with Gasteiger partial charge in [-0.15, -0.1) is 11.8 Å². The van der Waals surface area contributed by atoms with Crippen molar-refractivity contribution in [3.05, 3.63) is 60.2 Å². The first-order valence-corrected chi connectivity index (χ1v) is 7.45. The van der Waals surface area contributed by atoms with Gasteiger partial charge in [0, 0.05) is 10.9 Å². The van der Waals surface area contributed by atoms with Crippen molar-refractivity contribution in [1.82, 2.24) is 0 Å². The molecule has 0 saturated carbocycles. The number of phenolic OH excluding ortho intramolecular Hbond substituents is 1. The summed E-state index contributed by atoms with van der Waals surface area (Å²) in [7, 11) is 0. The summed E-state index contributed by atoms with van der Waals surface area (Å²) in [5, 5.41) is 12.3. The summed E-state index contributed by atoms with van der Waals surface area (Å²) < 4.78 is 0. The van der Waals surface area contributed by atoms with Crippen molar-refractivity contribution < 1.29 is 9.90 Å². The van der Waals surface area contributed by atoms with E-state index in [1.165, 1.54) is 5.56 Å². The molecule has 3 nitrogen and oxygen atoms in total. The van der Waals surface area contributed by atoms with E-state index in [4.69, 9.17) is 0 Å². The number of benzene rings is 2. The molecule has 0 radical (unpaired) electrons. The Hall–Kier alpha value is -1.94. The fraction of sp³-hybridized carbons (Fsp3) is 0.188. The molecule has 1 atom stereocenters. The monoisotopic (exact) mass is 287 g/mol. The Balaban J connectivity index is 1.82. The molecule has 2 aromatic rings. The van der Waals surface area contributed by atoms with Crippen molar-refractivity contribution in [3.8, 4) is 5.75 Å². The molecule has 0 saturated heterocycles. The first kappa shape index (κ1) is 14.5. The van der Waals surface area contributed by atoms with Gasteiger partial charge in [0.15, 0.2) is 0 Å². The number of nitrogens with one attached hydrogen (secondary N) is 1. The van der Waals surface area contributed by atoms with Gasteiger partial charge in [0.25, 0.3) is 0 Å². The SMILES string of the molecule is CC(SCC(=O)Nc1ccc(O)cc1)c1ccccc1. The van der Waals surface area contributed by atoms with Crippen molar-refractivity contribution in [2.45, 2.75) is 12.2 Å². The van der Waals surface area contributed by atoms with Gasteiger partial charge in [-0.3, -0.25) is 4.79 Å². The van der Waals surface area contributed by atoms with Crippen LogP contribution in [0.3, 0.4) is 0 Å². The second kappa shape index (κ2) is 7.01. The summed E-state index contributed by atoms with van der Waals surface area (Å²) in [6.45, 7) is 2.09. The van der Waals surface area contributed by atoms with Gasteiger partial charge in [0.1, 0.15) is 5.75 Å². The zero-order valence-corrected chi connectivity index (χ0v) is 12.1. The zero-order chi connectivity index (χ0) is 14.4. The molecule has 0 aliphatic heterocycles. The van der Waals surface area contributed by atoms with Crippen LogP contribution in [0.25, 0.3) is 0 Å². The van der Waals surface area contributed by atoms with Crippen LogP contribution >= 0.6 is 11.8 Å². The van der Waals surface area contributed by atoms with E-state index < -0.39 is 0 Å². The Kier molecular flexibility index (Phi) is 5.07. The summed E-state index contributed by atoms with van der Waals surface area (Å²) in [6, 6.07) is 16.6. The van der Waals surface area contributed by atoms with Crippen molar-refractivity contribution in [1.29, 1.82) is 0 Å². The lowest BCUT2D eigenvalue weighted by Gasteiger charge is -2.11. The summed E-state index contributed by atoms with van der Waals surface area (Å²) >= 11 is 1.60.